The minimum absolute atomic E-state index is 0.0680. The molecule has 0 aliphatic carbocycles. The van der Waals surface area contributed by atoms with E-state index in [0.717, 1.165) is 44.9 Å². The van der Waals surface area contributed by atoms with Crippen molar-refractivity contribution in [2.75, 3.05) is 13.2 Å². The number of hydrogen-bond acceptors (Lipinski definition) is 5. The first-order valence-electron chi connectivity index (χ1n) is 20.4. The molecule has 0 bridgehead atoms. The molecule has 0 aromatic rings. The first-order valence-corrected chi connectivity index (χ1v) is 20.4. The van der Waals surface area contributed by atoms with Gasteiger partial charge in [0.1, 0.15) is 6.61 Å². The third-order valence-electron chi connectivity index (χ3n) is 8.97. The molecule has 0 aromatic carbocycles. The number of aliphatic hydroxyl groups excluding tert-OH is 1. The summed E-state index contributed by atoms with van der Waals surface area (Å²) in [6.45, 7) is 4.12. The van der Waals surface area contributed by atoms with Crippen molar-refractivity contribution < 1.29 is 24.2 Å². The molecule has 0 aromatic heterocycles. The average molecular weight is 663 g/mol. The second-order valence-electron chi connectivity index (χ2n) is 13.7. The maximum absolute atomic E-state index is 12.2. The molecule has 0 aliphatic rings. The molecular formula is C42H78O5. The predicted molar refractivity (Wildman–Crippen MR) is 201 cm³/mol. The van der Waals surface area contributed by atoms with E-state index in [9.17, 15) is 14.7 Å². The molecule has 0 rings (SSSR count). The fourth-order valence-electron chi connectivity index (χ4n) is 5.84. The third kappa shape index (κ3) is 37.1. The topological polar surface area (TPSA) is 72.8 Å². The van der Waals surface area contributed by atoms with Crippen molar-refractivity contribution in [3.63, 3.8) is 0 Å². The van der Waals surface area contributed by atoms with E-state index in [-0.39, 0.29) is 25.2 Å². The van der Waals surface area contributed by atoms with Gasteiger partial charge in [0.15, 0.2) is 6.10 Å². The highest BCUT2D eigenvalue weighted by Gasteiger charge is 2.16. The van der Waals surface area contributed by atoms with Crippen LogP contribution >= 0.6 is 0 Å². The zero-order chi connectivity index (χ0) is 34.3. The van der Waals surface area contributed by atoms with E-state index in [0.29, 0.717) is 12.8 Å². The molecule has 0 saturated carbocycles. The summed E-state index contributed by atoms with van der Waals surface area (Å²) in [5, 5.41) is 9.55. The largest absolute Gasteiger partial charge is 0.462 e. The van der Waals surface area contributed by atoms with Crippen LogP contribution in [0, 0.1) is 0 Å². The lowest BCUT2D eigenvalue weighted by atomic mass is 10.1. The van der Waals surface area contributed by atoms with Crippen LogP contribution in [0.15, 0.2) is 24.3 Å². The van der Waals surface area contributed by atoms with E-state index in [1.807, 2.05) is 0 Å². The number of carbonyl (C=O) groups excluding carboxylic acids is 2. The van der Waals surface area contributed by atoms with Crippen molar-refractivity contribution in [1.82, 2.24) is 0 Å². The third-order valence-corrected chi connectivity index (χ3v) is 8.97. The van der Waals surface area contributed by atoms with Gasteiger partial charge in [0, 0.05) is 12.8 Å². The molecule has 0 radical (unpaired) electrons. The van der Waals surface area contributed by atoms with Gasteiger partial charge in [-0.1, -0.05) is 160 Å². The molecule has 0 amide bonds. The Bertz CT molecular complexity index is 716. The normalized spacial score (nSPS) is 12.3. The molecule has 1 atom stereocenters. The maximum atomic E-state index is 12.2. The van der Waals surface area contributed by atoms with E-state index < -0.39 is 6.10 Å². The number of ether oxygens (including phenoxy) is 2. The van der Waals surface area contributed by atoms with Crippen LogP contribution in [-0.2, 0) is 19.1 Å². The van der Waals surface area contributed by atoms with Gasteiger partial charge in [-0.2, -0.15) is 0 Å². The molecule has 0 aliphatic heterocycles. The number of unbranched alkanes of at least 4 members (excludes halogenated alkanes) is 25. The number of rotatable bonds is 37. The van der Waals surface area contributed by atoms with Gasteiger partial charge >= 0.3 is 11.9 Å². The van der Waals surface area contributed by atoms with Crippen LogP contribution in [0.2, 0.25) is 0 Å². The molecular weight excluding hydrogens is 584 g/mol. The maximum Gasteiger partial charge on any atom is 0.306 e. The van der Waals surface area contributed by atoms with E-state index in [4.69, 9.17) is 9.47 Å². The molecule has 1 unspecified atom stereocenters. The summed E-state index contributed by atoms with van der Waals surface area (Å²) in [4.78, 5) is 24.2. The highest BCUT2D eigenvalue weighted by atomic mass is 16.6. The zero-order valence-electron chi connectivity index (χ0n) is 31.3. The van der Waals surface area contributed by atoms with Crippen LogP contribution in [0.3, 0.4) is 0 Å². The summed E-state index contributed by atoms with van der Waals surface area (Å²) < 4.78 is 10.6. The number of hydrogen-bond donors (Lipinski definition) is 1. The molecule has 5 heteroatoms. The summed E-state index contributed by atoms with van der Waals surface area (Å²) in [6, 6.07) is 0. The fraction of sp³-hybridized carbons (Fsp3) is 0.857. The van der Waals surface area contributed by atoms with E-state index >= 15 is 0 Å². The van der Waals surface area contributed by atoms with Gasteiger partial charge in [-0.3, -0.25) is 9.59 Å². The van der Waals surface area contributed by atoms with Crippen molar-refractivity contribution in [2.24, 2.45) is 0 Å². The lowest BCUT2D eigenvalue weighted by molar-refractivity contribution is -0.161. The van der Waals surface area contributed by atoms with E-state index in [1.165, 1.54) is 141 Å². The Morgan fingerprint density at radius 2 is 0.787 bits per heavy atom. The van der Waals surface area contributed by atoms with Crippen molar-refractivity contribution in [3.05, 3.63) is 24.3 Å². The Labute approximate surface area is 292 Å². The van der Waals surface area contributed by atoms with Gasteiger partial charge in [-0.25, -0.2) is 0 Å². The first-order chi connectivity index (χ1) is 23.1. The van der Waals surface area contributed by atoms with Gasteiger partial charge in [-0.15, -0.1) is 0 Å². The van der Waals surface area contributed by atoms with E-state index in [1.54, 1.807) is 0 Å². The highest BCUT2D eigenvalue weighted by Crippen LogP contribution is 2.14. The second-order valence-corrected chi connectivity index (χ2v) is 13.7. The Kier molecular flexibility index (Phi) is 37.5. The quantitative estimate of drug-likeness (QED) is 0.0407. The summed E-state index contributed by atoms with van der Waals surface area (Å²) in [6.07, 6.45) is 45.2. The van der Waals surface area contributed by atoms with E-state index in [2.05, 4.69) is 38.2 Å². The molecule has 0 spiro atoms. The fourth-order valence-corrected chi connectivity index (χ4v) is 5.84. The van der Waals surface area contributed by atoms with Crippen LogP contribution < -0.4 is 0 Å². The van der Waals surface area contributed by atoms with Gasteiger partial charge in [0.2, 0.25) is 0 Å². The van der Waals surface area contributed by atoms with Gasteiger partial charge < -0.3 is 14.6 Å². The zero-order valence-corrected chi connectivity index (χ0v) is 31.3. The lowest BCUT2D eigenvalue weighted by Crippen LogP contribution is -2.28. The van der Waals surface area contributed by atoms with Crippen LogP contribution in [0.5, 0.6) is 0 Å². The van der Waals surface area contributed by atoms with Crippen LogP contribution in [-0.4, -0.2) is 36.4 Å². The summed E-state index contributed by atoms with van der Waals surface area (Å²) in [5.74, 6) is -0.597. The minimum Gasteiger partial charge on any atom is -0.462 e. The average Bonchev–Trinajstić information content (AvgIpc) is 3.07. The van der Waals surface area contributed by atoms with Gasteiger partial charge in [0.25, 0.3) is 0 Å². The smallest absolute Gasteiger partial charge is 0.306 e. The Balaban J connectivity index is 3.53. The van der Waals surface area contributed by atoms with Crippen molar-refractivity contribution in [1.29, 1.82) is 0 Å². The monoisotopic (exact) mass is 663 g/mol. The van der Waals surface area contributed by atoms with Crippen LogP contribution in [0.4, 0.5) is 0 Å². The van der Waals surface area contributed by atoms with Crippen molar-refractivity contribution >= 4 is 11.9 Å². The highest BCUT2D eigenvalue weighted by molar-refractivity contribution is 5.70. The molecule has 5 nitrogen and oxygen atoms in total. The molecule has 0 heterocycles. The number of allylic oxidation sites excluding steroid dienone is 4. The Morgan fingerprint density at radius 1 is 0.468 bits per heavy atom. The molecule has 276 valence electrons. The Morgan fingerprint density at radius 3 is 1.15 bits per heavy atom. The SMILES string of the molecule is CCCCCCC/C=C\CCCCCCCC(=O)OCC(CO)OC(=O)CCCCCCCCCCC/C=C\CCCCCCCC. The van der Waals surface area contributed by atoms with Gasteiger partial charge in [-0.05, 0) is 64.2 Å². The standard InChI is InChI=1S/C42H78O5/c1-3-5-7-9-11-13-15-17-19-20-21-22-23-25-27-29-31-33-35-37-42(45)47-40(38-43)39-46-41(44)36-34-32-30-28-26-24-18-16-14-12-10-8-6-4-2/h16-19,40,43H,3-15,20-39H2,1-2H3/b18-16-,19-17-. The van der Waals surface area contributed by atoms with Crippen LogP contribution in [0.25, 0.3) is 0 Å². The first kappa shape index (κ1) is 45.4. The van der Waals surface area contributed by atoms with Crippen molar-refractivity contribution in [2.45, 2.75) is 219 Å². The molecule has 47 heavy (non-hydrogen) atoms. The van der Waals surface area contributed by atoms with Gasteiger partial charge in [0.05, 0.1) is 6.61 Å². The Hall–Kier alpha value is -1.62. The summed E-state index contributed by atoms with van der Waals surface area (Å²) in [7, 11) is 0. The van der Waals surface area contributed by atoms with Crippen LogP contribution in [0.1, 0.15) is 213 Å². The second kappa shape index (κ2) is 38.8. The predicted octanol–water partition coefficient (Wildman–Crippen LogP) is 12.7. The van der Waals surface area contributed by atoms with Crippen molar-refractivity contribution in [3.8, 4) is 0 Å². The lowest BCUT2D eigenvalue weighted by Gasteiger charge is -2.15. The molecule has 0 saturated heterocycles. The molecule has 1 N–H and O–H groups in total. The summed E-state index contributed by atoms with van der Waals surface area (Å²) >= 11 is 0. The number of aliphatic hydroxyl groups is 1. The number of carbonyl (C=O) groups is 2. The number of esters is 2. The summed E-state index contributed by atoms with van der Waals surface area (Å²) in [5.41, 5.74) is 0. The minimum atomic E-state index is -0.772. The molecule has 0 fully saturated rings.